The topological polar surface area (TPSA) is 110 Å². The predicted molar refractivity (Wildman–Crippen MR) is 99.9 cm³/mol. The average Bonchev–Trinajstić information content (AvgIpc) is 3.18. The van der Waals surface area contributed by atoms with E-state index in [0.717, 1.165) is 12.8 Å². The van der Waals surface area contributed by atoms with Gasteiger partial charge in [-0.2, -0.15) is 4.31 Å². The Morgan fingerprint density at radius 3 is 2.41 bits per heavy atom. The number of sulfonamides is 1. The Kier molecular flexibility index (Phi) is 5.52. The Labute approximate surface area is 157 Å². The molecule has 2 aromatic carbocycles. The summed E-state index contributed by atoms with van der Waals surface area (Å²) in [5.41, 5.74) is 0.972. The van der Waals surface area contributed by atoms with Gasteiger partial charge < -0.3 is 5.32 Å². The largest absolute Gasteiger partial charge is 0.326 e. The summed E-state index contributed by atoms with van der Waals surface area (Å²) < 4.78 is 26.7. The SMILES string of the molecule is O=C(Cc1ccc([N+](=O)[O-])cc1)Nc1cccc(S(=O)(=O)N2CCCC2)c1. The van der Waals surface area contributed by atoms with Gasteiger partial charge in [0.15, 0.2) is 0 Å². The van der Waals surface area contributed by atoms with Gasteiger partial charge in [-0.25, -0.2) is 8.42 Å². The van der Waals surface area contributed by atoms with Crippen molar-refractivity contribution >= 4 is 27.3 Å². The van der Waals surface area contributed by atoms with Crippen molar-refractivity contribution in [1.82, 2.24) is 4.31 Å². The van der Waals surface area contributed by atoms with E-state index in [0.29, 0.717) is 24.3 Å². The number of rotatable bonds is 6. The maximum absolute atomic E-state index is 12.6. The molecular weight excluding hydrogens is 370 g/mol. The first kappa shape index (κ1) is 19.0. The lowest BCUT2D eigenvalue weighted by Crippen LogP contribution is -2.28. The van der Waals surface area contributed by atoms with Gasteiger partial charge in [-0.05, 0) is 36.6 Å². The Morgan fingerprint density at radius 1 is 1.11 bits per heavy atom. The number of carbonyl (C=O) groups excluding carboxylic acids is 1. The molecule has 0 spiro atoms. The van der Waals surface area contributed by atoms with Crippen molar-refractivity contribution in [3.63, 3.8) is 0 Å². The first-order valence-corrected chi connectivity index (χ1v) is 9.94. The van der Waals surface area contributed by atoms with Gasteiger partial charge in [-0.15, -0.1) is 0 Å². The summed E-state index contributed by atoms with van der Waals surface area (Å²) in [5, 5.41) is 13.3. The summed E-state index contributed by atoms with van der Waals surface area (Å²) in [7, 11) is -3.55. The van der Waals surface area contributed by atoms with Crippen LogP contribution < -0.4 is 5.32 Å². The highest BCUT2D eigenvalue weighted by atomic mass is 32.2. The second-order valence-corrected chi connectivity index (χ2v) is 8.23. The minimum atomic E-state index is -3.55. The molecule has 27 heavy (non-hydrogen) atoms. The van der Waals surface area contributed by atoms with Gasteiger partial charge in [-0.3, -0.25) is 14.9 Å². The zero-order chi connectivity index (χ0) is 19.4. The van der Waals surface area contributed by atoms with Crippen LogP contribution in [0.5, 0.6) is 0 Å². The molecule has 142 valence electrons. The number of hydrogen-bond donors (Lipinski definition) is 1. The molecule has 1 heterocycles. The highest BCUT2D eigenvalue weighted by Crippen LogP contribution is 2.23. The van der Waals surface area contributed by atoms with Crippen molar-refractivity contribution < 1.29 is 18.1 Å². The van der Waals surface area contributed by atoms with E-state index in [1.54, 1.807) is 12.1 Å². The van der Waals surface area contributed by atoms with Gasteiger partial charge in [0.1, 0.15) is 0 Å². The Bertz CT molecular complexity index is 951. The Hall–Kier alpha value is -2.78. The number of nitrogens with one attached hydrogen (secondary N) is 1. The fraction of sp³-hybridized carbons (Fsp3) is 0.278. The third-order valence-corrected chi connectivity index (χ3v) is 6.23. The lowest BCUT2D eigenvalue weighted by Gasteiger charge is -2.16. The van der Waals surface area contributed by atoms with Gasteiger partial charge in [-0.1, -0.05) is 18.2 Å². The van der Waals surface area contributed by atoms with Crippen LogP contribution in [0.3, 0.4) is 0 Å². The summed E-state index contributed by atoms with van der Waals surface area (Å²) in [6, 6.07) is 11.9. The number of nitro groups is 1. The van der Waals surface area contributed by atoms with Crippen LogP contribution in [0.2, 0.25) is 0 Å². The molecule has 0 aromatic heterocycles. The lowest BCUT2D eigenvalue weighted by atomic mass is 10.1. The maximum Gasteiger partial charge on any atom is 0.269 e. The number of nitro benzene ring substituents is 1. The van der Waals surface area contributed by atoms with Crippen LogP contribution in [-0.2, 0) is 21.2 Å². The molecule has 0 aliphatic carbocycles. The number of hydrogen-bond acceptors (Lipinski definition) is 5. The molecule has 1 aliphatic rings. The Balaban J connectivity index is 1.68. The molecule has 0 unspecified atom stereocenters. The number of carbonyl (C=O) groups is 1. The zero-order valence-electron chi connectivity index (χ0n) is 14.5. The summed E-state index contributed by atoms with van der Waals surface area (Å²) in [6.07, 6.45) is 1.73. The third kappa shape index (κ3) is 4.50. The lowest BCUT2D eigenvalue weighted by molar-refractivity contribution is -0.384. The van der Waals surface area contributed by atoms with E-state index in [1.807, 2.05) is 0 Å². The second-order valence-electron chi connectivity index (χ2n) is 6.29. The molecule has 2 aromatic rings. The van der Waals surface area contributed by atoms with Crippen molar-refractivity contribution in [2.45, 2.75) is 24.2 Å². The molecule has 1 fully saturated rings. The molecular formula is C18H19N3O5S. The molecule has 0 radical (unpaired) electrons. The molecule has 9 heteroatoms. The first-order valence-electron chi connectivity index (χ1n) is 8.50. The van der Waals surface area contributed by atoms with Gasteiger partial charge in [0, 0.05) is 30.9 Å². The van der Waals surface area contributed by atoms with Crippen molar-refractivity contribution in [2.75, 3.05) is 18.4 Å². The first-order chi connectivity index (χ1) is 12.9. The van der Waals surface area contributed by atoms with Crippen LogP contribution in [0.25, 0.3) is 0 Å². The van der Waals surface area contributed by atoms with Crippen LogP contribution in [-0.4, -0.2) is 36.6 Å². The number of benzene rings is 2. The van der Waals surface area contributed by atoms with Crippen molar-refractivity contribution in [2.24, 2.45) is 0 Å². The predicted octanol–water partition coefficient (Wildman–Crippen LogP) is 2.56. The summed E-state index contributed by atoms with van der Waals surface area (Å²) in [5.74, 6) is -0.334. The van der Waals surface area contributed by atoms with E-state index in [4.69, 9.17) is 0 Å². The average molecular weight is 389 g/mol. The molecule has 3 rings (SSSR count). The van der Waals surface area contributed by atoms with Crippen molar-refractivity contribution in [3.05, 3.63) is 64.2 Å². The van der Waals surface area contributed by atoms with Gasteiger partial charge in [0.25, 0.3) is 5.69 Å². The monoisotopic (exact) mass is 389 g/mol. The molecule has 0 bridgehead atoms. The quantitative estimate of drug-likeness (QED) is 0.603. The standard InChI is InChI=1S/C18H19N3O5S/c22-18(12-14-6-8-16(9-7-14)21(23)24)19-15-4-3-5-17(13-15)27(25,26)20-10-1-2-11-20/h3-9,13H,1-2,10-12H2,(H,19,22). The third-order valence-electron chi connectivity index (χ3n) is 4.33. The van der Waals surface area contributed by atoms with Crippen LogP contribution in [0.4, 0.5) is 11.4 Å². The van der Waals surface area contributed by atoms with E-state index < -0.39 is 14.9 Å². The van der Waals surface area contributed by atoms with Crippen LogP contribution in [0.1, 0.15) is 18.4 Å². The Morgan fingerprint density at radius 2 is 1.78 bits per heavy atom. The van der Waals surface area contributed by atoms with E-state index >= 15 is 0 Å². The van der Waals surface area contributed by atoms with Crippen molar-refractivity contribution in [1.29, 1.82) is 0 Å². The molecule has 1 amide bonds. The highest BCUT2D eigenvalue weighted by molar-refractivity contribution is 7.89. The number of nitrogens with zero attached hydrogens (tertiary/aromatic N) is 2. The van der Waals surface area contributed by atoms with Crippen LogP contribution in [0.15, 0.2) is 53.4 Å². The van der Waals surface area contributed by atoms with Gasteiger partial charge >= 0.3 is 0 Å². The molecule has 1 N–H and O–H groups in total. The minimum absolute atomic E-state index is 0.0289. The smallest absolute Gasteiger partial charge is 0.269 e. The van der Waals surface area contributed by atoms with E-state index in [-0.39, 0.29) is 22.9 Å². The van der Waals surface area contributed by atoms with Gasteiger partial charge in [0.2, 0.25) is 15.9 Å². The molecule has 1 saturated heterocycles. The fourth-order valence-corrected chi connectivity index (χ4v) is 4.50. The van der Waals surface area contributed by atoms with Gasteiger partial charge in [0.05, 0.1) is 16.2 Å². The number of non-ortho nitro benzene ring substituents is 1. The van der Waals surface area contributed by atoms with Crippen LogP contribution in [0, 0.1) is 10.1 Å². The molecule has 0 saturated carbocycles. The summed E-state index contributed by atoms with van der Waals surface area (Å²) >= 11 is 0. The molecule has 1 aliphatic heterocycles. The number of anilines is 1. The zero-order valence-corrected chi connectivity index (χ0v) is 15.3. The van der Waals surface area contributed by atoms with Crippen molar-refractivity contribution in [3.8, 4) is 0 Å². The number of amides is 1. The minimum Gasteiger partial charge on any atom is -0.326 e. The summed E-state index contributed by atoms with van der Waals surface area (Å²) in [6.45, 7) is 1.03. The molecule has 0 atom stereocenters. The molecule has 8 nitrogen and oxygen atoms in total. The maximum atomic E-state index is 12.6. The van der Waals surface area contributed by atoms with Crippen LogP contribution >= 0.6 is 0 Å². The second kappa shape index (κ2) is 7.85. The van der Waals surface area contributed by atoms with E-state index in [9.17, 15) is 23.3 Å². The normalized spacial score (nSPS) is 14.8. The van der Waals surface area contributed by atoms with E-state index in [2.05, 4.69) is 5.32 Å². The summed E-state index contributed by atoms with van der Waals surface area (Å²) in [4.78, 5) is 22.5. The fourth-order valence-electron chi connectivity index (χ4n) is 2.94. The highest BCUT2D eigenvalue weighted by Gasteiger charge is 2.27. The van der Waals surface area contributed by atoms with E-state index in [1.165, 1.54) is 40.7 Å².